The van der Waals surface area contributed by atoms with E-state index in [4.69, 9.17) is 4.74 Å². The third-order valence-corrected chi connectivity index (χ3v) is 4.24. The molecule has 2 heteroatoms. The fourth-order valence-corrected chi connectivity index (χ4v) is 3.10. The third kappa shape index (κ3) is 2.39. The van der Waals surface area contributed by atoms with E-state index in [9.17, 15) is 0 Å². The molecule has 0 amide bonds. The summed E-state index contributed by atoms with van der Waals surface area (Å²) in [5, 5.41) is 3.60. The summed E-state index contributed by atoms with van der Waals surface area (Å²) in [6, 6.07) is 8.51. The number of hydrogen-bond donors (Lipinski definition) is 1. The van der Waals surface area contributed by atoms with E-state index in [1.807, 2.05) is 0 Å². The monoisotopic (exact) mass is 247 g/mol. The van der Waals surface area contributed by atoms with Gasteiger partial charge in [-0.3, -0.25) is 0 Å². The number of ether oxygens (including phenoxy) is 1. The van der Waals surface area contributed by atoms with Crippen LogP contribution in [0.4, 0.5) is 0 Å². The fourth-order valence-electron chi connectivity index (χ4n) is 3.10. The predicted octanol–water partition coefficient (Wildman–Crippen LogP) is 3.36. The van der Waals surface area contributed by atoms with E-state index < -0.39 is 0 Å². The van der Waals surface area contributed by atoms with Crippen LogP contribution in [0.25, 0.3) is 0 Å². The predicted molar refractivity (Wildman–Crippen MR) is 76.2 cm³/mol. The van der Waals surface area contributed by atoms with E-state index in [2.05, 4.69) is 43.4 Å². The molecule has 0 aromatic heterocycles. The highest BCUT2D eigenvalue weighted by atomic mass is 16.5. The molecular weight excluding hydrogens is 222 g/mol. The summed E-state index contributed by atoms with van der Waals surface area (Å²) in [5.74, 6) is 1.85. The Balaban J connectivity index is 2.20. The lowest BCUT2D eigenvalue weighted by molar-refractivity contribution is 0.397. The van der Waals surface area contributed by atoms with E-state index in [1.54, 1.807) is 7.11 Å². The van der Waals surface area contributed by atoms with Crippen LogP contribution in [0.2, 0.25) is 0 Å². The topological polar surface area (TPSA) is 21.3 Å². The van der Waals surface area contributed by atoms with Gasteiger partial charge in [0.15, 0.2) is 0 Å². The van der Waals surface area contributed by atoms with Crippen molar-refractivity contribution in [3.05, 3.63) is 29.8 Å². The third-order valence-electron chi connectivity index (χ3n) is 4.24. The smallest absolute Gasteiger partial charge is 0.122 e. The molecule has 1 aromatic rings. The molecule has 1 aliphatic carbocycles. The van der Waals surface area contributed by atoms with Crippen LogP contribution >= 0.6 is 0 Å². The van der Waals surface area contributed by atoms with Crippen LogP contribution in [0.1, 0.15) is 38.7 Å². The lowest BCUT2D eigenvalue weighted by Gasteiger charge is -2.21. The molecule has 18 heavy (non-hydrogen) atoms. The van der Waals surface area contributed by atoms with Crippen molar-refractivity contribution in [2.75, 3.05) is 20.2 Å². The number of methoxy groups -OCH3 is 1. The van der Waals surface area contributed by atoms with Gasteiger partial charge in [-0.05, 0) is 31.4 Å². The Bertz CT molecular complexity index is 390. The number of nitrogens with one attached hydrogen (secondary N) is 1. The van der Waals surface area contributed by atoms with Crippen molar-refractivity contribution in [1.82, 2.24) is 5.32 Å². The molecule has 1 fully saturated rings. The van der Waals surface area contributed by atoms with Gasteiger partial charge in [-0.25, -0.2) is 0 Å². The Morgan fingerprint density at radius 1 is 1.33 bits per heavy atom. The molecule has 0 aliphatic heterocycles. The highest BCUT2D eigenvalue weighted by Gasteiger charge is 2.54. The van der Waals surface area contributed by atoms with Crippen molar-refractivity contribution >= 4 is 0 Å². The maximum absolute atomic E-state index is 5.54. The highest BCUT2D eigenvalue weighted by molar-refractivity contribution is 5.45. The largest absolute Gasteiger partial charge is 0.496 e. The summed E-state index contributed by atoms with van der Waals surface area (Å²) < 4.78 is 5.54. The van der Waals surface area contributed by atoms with Gasteiger partial charge in [0.1, 0.15) is 5.75 Å². The summed E-state index contributed by atoms with van der Waals surface area (Å²) in [6.45, 7) is 6.70. The number of benzene rings is 1. The van der Waals surface area contributed by atoms with E-state index >= 15 is 0 Å². The Morgan fingerprint density at radius 3 is 2.72 bits per heavy atom. The molecule has 2 nitrogen and oxygen atoms in total. The lowest BCUT2D eigenvalue weighted by Crippen LogP contribution is -2.29. The SMILES string of the molecule is CCCNCC1(c2ccccc2OC)CC1CC. The van der Waals surface area contributed by atoms with Crippen LogP contribution in [0.15, 0.2) is 24.3 Å². The molecule has 0 bridgehead atoms. The first-order valence-corrected chi connectivity index (χ1v) is 7.12. The summed E-state index contributed by atoms with van der Waals surface area (Å²) in [4.78, 5) is 0. The second-order valence-electron chi connectivity index (χ2n) is 5.34. The van der Waals surface area contributed by atoms with E-state index in [0.29, 0.717) is 5.41 Å². The molecule has 0 spiro atoms. The molecule has 1 aliphatic rings. The molecule has 0 heterocycles. The minimum Gasteiger partial charge on any atom is -0.496 e. The van der Waals surface area contributed by atoms with Gasteiger partial charge in [-0.2, -0.15) is 0 Å². The van der Waals surface area contributed by atoms with Crippen molar-refractivity contribution in [2.45, 2.75) is 38.5 Å². The average Bonchev–Trinajstić information content (AvgIpc) is 3.14. The molecule has 100 valence electrons. The Morgan fingerprint density at radius 2 is 2.11 bits per heavy atom. The molecular formula is C16H25NO. The van der Waals surface area contributed by atoms with Crippen molar-refractivity contribution in [1.29, 1.82) is 0 Å². The van der Waals surface area contributed by atoms with Gasteiger partial charge in [-0.1, -0.05) is 38.5 Å². The van der Waals surface area contributed by atoms with Crippen molar-refractivity contribution in [3.63, 3.8) is 0 Å². The maximum Gasteiger partial charge on any atom is 0.122 e. The van der Waals surface area contributed by atoms with E-state index in [0.717, 1.165) is 24.8 Å². The first-order chi connectivity index (χ1) is 8.78. The first-order valence-electron chi connectivity index (χ1n) is 7.12. The molecule has 0 radical (unpaired) electrons. The summed E-state index contributed by atoms with van der Waals surface area (Å²) in [7, 11) is 1.77. The van der Waals surface area contributed by atoms with Crippen LogP contribution in [-0.4, -0.2) is 20.2 Å². The second-order valence-corrected chi connectivity index (χ2v) is 5.34. The molecule has 2 rings (SSSR count). The Kier molecular flexibility index (Phi) is 4.28. The molecule has 0 saturated heterocycles. The minimum absolute atomic E-state index is 0.316. The maximum atomic E-state index is 5.54. The van der Waals surface area contributed by atoms with Crippen molar-refractivity contribution in [2.24, 2.45) is 5.92 Å². The van der Waals surface area contributed by atoms with Gasteiger partial charge in [0.2, 0.25) is 0 Å². The van der Waals surface area contributed by atoms with Gasteiger partial charge in [0.25, 0.3) is 0 Å². The molecule has 1 aromatic carbocycles. The Labute approximate surface area is 111 Å². The number of rotatable bonds is 7. The van der Waals surface area contributed by atoms with Gasteiger partial charge in [0.05, 0.1) is 7.11 Å². The van der Waals surface area contributed by atoms with Gasteiger partial charge >= 0.3 is 0 Å². The molecule has 2 atom stereocenters. The fraction of sp³-hybridized carbons (Fsp3) is 0.625. The zero-order valence-electron chi connectivity index (χ0n) is 11.8. The summed E-state index contributed by atoms with van der Waals surface area (Å²) >= 11 is 0. The minimum atomic E-state index is 0.316. The van der Waals surface area contributed by atoms with Crippen LogP contribution in [0.5, 0.6) is 5.75 Å². The van der Waals surface area contributed by atoms with Crippen molar-refractivity contribution < 1.29 is 4.74 Å². The van der Waals surface area contributed by atoms with Crippen LogP contribution < -0.4 is 10.1 Å². The molecule has 2 unspecified atom stereocenters. The van der Waals surface area contributed by atoms with E-state index in [-0.39, 0.29) is 0 Å². The number of hydrogen-bond acceptors (Lipinski definition) is 2. The number of para-hydroxylation sites is 1. The first kappa shape index (κ1) is 13.4. The summed E-state index contributed by atoms with van der Waals surface area (Å²) in [5.41, 5.74) is 1.71. The van der Waals surface area contributed by atoms with Crippen LogP contribution in [0, 0.1) is 5.92 Å². The standard InChI is InChI=1S/C16H25NO/c1-4-10-17-12-16(11-13(16)5-2)14-8-6-7-9-15(14)18-3/h6-9,13,17H,4-5,10-12H2,1-3H3. The van der Waals surface area contributed by atoms with Gasteiger partial charge in [0, 0.05) is 17.5 Å². The quantitative estimate of drug-likeness (QED) is 0.746. The Hall–Kier alpha value is -1.02. The molecule has 1 saturated carbocycles. The zero-order chi connectivity index (χ0) is 13.0. The van der Waals surface area contributed by atoms with Crippen LogP contribution in [0.3, 0.4) is 0 Å². The van der Waals surface area contributed by atoms with E-state index in [1.165, 1.54) is 24.8 Å². The highest BCUT2D eigenvalue weighted by Crippen LogP contribution is 2.57. The second kappa shape index (κ2) is 5.75. The normalized spacial score (nSPS) is 26.1. The average molecular weight is 247 g/mol. The zero-order valence-corrected chi connectivity index (χ0v) is 11.8. The summed E-state index contributed by atoms with van der Waals surface area (Å²) in [6.07, 6.45) is 3.74. The van der Waals surface area contributed by atoms with Gasteiger partial charge < -0.3 is 10.1 Å². The lowest BCUT2D eigenvalue weighted by atomic mass is 9.91. The van der Waals surface area contributed by atoms with Gasteiger partial charge in [-0.15, -0.1) is 0 Å². The van der Waals surface area contributed by atoms with Crippen molar-refractivity contribution in [3.8, 4) is 5.75 Å². The van der Waals surface area contributed by atoms with Crippen LogP contribution in [-0.2, 0) is 5.41 Å². The molecule has 1 N–H and O–H groups in total.